The molecule has 15 heteroatoms. The predicted octanol–water partition coefficient (Wildman–Crippen LogP) is -2.34. The van der Waals surface area contributed by atoms with Crippen LogP contribution in [-0.2, 0) is 28.6 Å². The molecule has 4 aliphatic rings. The lowest BCUT2D eigenvalue weighted by Crippen LogP contribution is -2.48. The number of carbonyl (C=O) groups is 5. The fourth-order valence-electron chi connectivity index (χ4n) is 4.37. The van der Waals surface area contributed by atoms with E-state index in [4.69, 9.17) is 19.3 Å². The van der Waals surface area contributed by atoms with Gasteiger partial charge in [-0.1, -0.05) is 0 Å². The van der Waals surface area contributed by atoms with Crippen molar-refractivity contribution in [1.29, 1.82) is 0 Å². The van der Waals surface area contributed by atoms with E-state index in [0.29, 0.717) is 13.2 Å². The summed E-state index contributed by atoms with van der Waals surface area (Å²) in [6.07, 6.45) is -4.06. The highest BCUT2D eigenvalue weighted by Gasteiger charge is 2.57. The first-order valence-electron chi connectivity index (χ1n) is 11.8. The number of hydrogen-bond acceptors (Lipinski definition) is 10. The topological polar surface area (TPSA) is 205 Å². The Morgan fingerprint density at radius 1 is 0.973 bits per heavy atom. The molecule has 0 bridgehead atoms. The minimum Gasteiger partial charge on any atom is -0.439 e. The monoisotopic (exact) mass is 530 g/mol. The van der Waals surface area contributed by atoms with Crippen LogP contribution >= 0.6 is 0 Å². The number of hydrogen-bond donors (Lipinski definition) is 2. The number of esters is 1. The summed E-state index contributed by atoms with van der Waals surface area (Å²) in [6.45, 7) is 6.46. The van der Waals surface area contributed by atoms with Gasteiger partial charge in [0.25, 0.3) is 11.8 Å². The standard InChI is InChI=1S/C22H32N4O10.H2O/c1-21(2)17(30)23(19(32)24(21)7-12-10-34-12)6-5-15(36-16(29)14(28)9-27)26-18(31)22(3,4)25(20(26)33)8-13-11-35-13;/h12-15,27-28H,5-11H2,1-4H3;1H2. The Labute approximate surface area is 213 Å². The molecule has 37 heavy (non-hydrogen) atoms. The van der Waals surface area contributed by atoms with Gasteiger partial charge < -0.3 is 39.7 Å². The van der Waals surface area contributed by atoms with Gasteiger partial charge in [0.15, 0.2) is 12.3 Å². The molecule has 0 radical (unpaired) electrons. The zero-order valence-corrected chi connectivity index (χ0v) is 21.2. The van der Waals surface area contributed by atoms with Gasteiger partial charge in [-0.2, -0.15) is 0 Å². The molecule has 0 aromatic carbocycles. The van der Waals surface area contributed by atoms with Crippen LogP contribution in [0.25, 0.3) is 0 Å². The Morgan fingerprint density at radius 2 is 1.46 bits per heavy atom. The van der Waals surface area contributed by atoms with Crippen molar-refractivity contribution in [1.82, 2.24) is 19.6 Å². The summed E-state index contributed by atoms with van der Waals surface area (Å²) in [5, 5.41) is 18.8. The molecule has 4 heterocycles. The maximum Gasteiger partial charge on any atom is 0.339 e. The maximum absolute atomic E-state index is 13.3. The van der Waals surface area contributed by atoms with E-state index in [-0.39, 0.29) is 43.7 Å². The van der Waals surface area contributed by atoms with Crippen LogP contribution < -0.4 is 0 Å². The molecule has 4 fully saturated rings. The largest absolute Gasteiger partial charge is 0.439 e. The number of aliphatic hydroxyl groups is 2. The van der Waals surface area contributed by atoms with Gasteiger partial charge in [-0.15, -0.1) is 0 Å². The third kappa shape index (κ3) is 5.27. The van der Waals surface area contributed by atoms with Crippen molar-refractivity contribution in [2.75, 3.05) is 39.5 Å². The van der Waals surface area contributed by atoms with E-state index in [9.17, 15) is 29.1 Å². The first kappa shape index (κ1) is 28.7. The van der Waals surface area contributed by atoms with Crippen molar-refractivity contribution in [2.45, 2.75) is 69.7 Å². The molecule has 15 nitrogen and oxygen atoms in total. The SMILES string of the molecule is CC1(C)C(=O)N(CCC(OC(=O)C(O)CO)N2C(=O)N(CC3CO3)C(C)(C)C2=O)C(=O)N1CC1CO1.O. The molecule has 0 aromatic rings. The lowest BCUT2D eigenvalue weighted by atomic mass is 10.0. The summed E-state index contributed by atoms with van der Waals surface area (Å²) in [5.74, 6) is -2.39. The fraction of sp³-hybridized carbons (Fsp3) is 0.773. The van der Waals surface area contributed by atoms with E-state index in [2.05, 4.69) is 0 Å². The van der Waals surface area contributed by atoms with E-state index >= 15 is 0 Å². The van der Waals surface area contributed by atoms with Crippen molar-refractivity contribution < 1.29 is 53.9 Å². The Bertz CT molecular complexity index is 962. The first-order chi connectivity index (χ1) is 16.8. The lowest BCUT2D eigenvalue weighted by Gasteiger charge is -2.28. The van der Waals surface area contributed by atoms with Crippen LogP contribution in [-0.4, -0.2) is 140 Å². The summed E-state index contributed by atoms with van der Waals surface area (Å²) >= 11 is 0. The first-order valence-corrected chi connectivity index (χ1v) is 11.8. The molecule has 4 aliphatic heterocycles. The molecule has 208 valence electrons. The van der Waals surface area contributed by atoms with Crippen LogP contribution in [0.15, 0.2) is 0 Å². The van der Waals surface area contributed by atoms with Crippen LogP contribution in [0.2, 0.25) is 0 Å². The highest BCUT2D eigenvalue weighted by atomic mass is 16.6. The number of aliphatic hydroxyl groups excluding tert-OH is 2. The highest BCUT2D eigenvalue weighted by molar-refractivity contribution is 6.07. The smallest absolute Gasteiger partial charge is 0.339 e. The average molecular weight is 531 g/mol. The number of ether oxygens (including phenoxy) is 3. The van der Waals surface area contributed by atoms with Crippen molar-refractivity contribution in [3.8, 4) is 0 Å². The van der Waals surface area contributed by atoms with E-state index in [1.165, 1.54) is 9.80 Å². The molecule has 0 spiro atoms. The number of nitrogens with zero attached hydrogens (tertiary/aromatic N) is 4. The second-order valence-corrected chi connectivity index (χ2v) is 10.3. The molecule has 0 saturated carbocycles. The zero-order chi connectivity index (χ0) is 26.6. The number of urea groups is 2. The molecule has 0 aliphatic carbocycles. The van der Waals surface area contributed by atoms with Crippen LogP contribution in [0.4, 0.5) is 9.59 Å². The van der Waals surface area contributed by atoms with Gasteiger partial charge >= 0.3 is 18.0 Å². The van der Waals surface area contributed by atoms with E-state index < -0.39 is 59.9 Å². The molecule has 4 unspecified atom stereocenters. The fourth-order valence-corrected chi connectivity index (χ4v) is 4.37. The minimum absolute atomic E-state index is 0. The molecule has 4 saturated heterocycles. The van der Waals surface area contributed by atoms with Gasteiger partial charge in [0.1, 0.15) is 11.1 Å². The van der Waals surface area contributed by atoms with Gasteiger partial charge in [0, 0.05) is 13.0 Å². The summed E-state index contributed by atoms with van der Waals surface area (Å²) in [5.41, 5.74) is -2.41. The molecular formula is C22H34N4O11. The van der Waals surface area contributed by atoms with Gasteiger partial charge in [-0.05, 0) is 27.7 Å². The summed E-state index contributed by atoms with van der Waals surface area (Å²) in [7, 11) is 0. The normalized spacial score (nSPS) is 27.4. The minimum atomic E-state index is -1.90. The Morgan fingerprint density at radius 3 is 1.95 bits per heavy atom. The van der Waals surface area contributed by atoms with Gasteiger partial charge in [-0.25, -0.2) is 19.3 Å². The third-order valence-corrected chi connectivity index (χ3v) is 6.92. The quantitative estimate of drug-likeness (QED) is 0.165. The van der Waals surface area contributed by atoms with Crippen LogP contribution in [0.1, 0.15) is 34.1 Å². The number of imide groups is 2. The molecule has 4 atom stereocenters. The zero-order valence-electron chi connectivity index (χ0n) is 21.2. The highest BCUT2D eigenvalue weighted by Crippen LogP contribution is 2.34. The second kappa shape index (κ2) is 10.1. The van der Waals surface area contributed by atoms with Gasteiger partial charge in [0.2, 0.25) is 0 Å². The third-order valence-electron chi connectivity index (χ3n) is 6.92. The van der Waals surface area contributed by atoms with Crippen molar-refractivity contribution in [2.24, 2.45) is 0 Å². The molecule has 4 N–H and O–H groups in total. The van der Waals surface area contributed by atoms with Crippen LogP contribution in [0.3, 0.4) is 0 Å². The number of carbonyl (C=O) groups excluding carboxylic acids is 5. The molecular weight excluding hydrogens is 496 g/mol. The summed E-state index contributed by atoms with van der Waals surface area (Å²) < 4.78 is 15.6. The summed E-state index contributed by atoms with van der Waals surface area (Å²) in [6, 6.07) is -1.29. The number of amides is 6. The van der Waals surface area contributed by atoms with E-state index in [1.807, 2.05) is 0 Å². The number of rotatable bonds is 11. The van der Waals surface area contributed by atoms with Crippen LogP contribution in [0, 0.1) is 0 Å². The van der Waals surface area contributed by atoms with E-state index in [1.54, 1.807) is 27.7 Å². The molecule has 4 rings (SSSR count). The Hall–Kier alpha value is -2.85. The lowest BCUT2D eigenvalue weighted by molar-refractivity contribution is -0.171. The number of epoxide rings is 2. The van der Waals surface area contributed by atoms with Crippen molar-refractivity contribution in [3.63, 3.8) is 0 Å². The second-order valence-electron chi connectivity index (χ2n) is 10.3. The Balaban J connectivity index is 0.00000380. The molecule has 0 aromatic heterocycles. The van der Waals surface area contributed by atoms with Crippen molar-refractivity contribution >= 4 is 29.8 Å². The van der Waals surface area contributed by atoms with Gasteiger partial charge in [-0.3, -0.25) is 14.5 Å². The average Bonchev–Trinajstić information content (AvgIpc) is 3.73. The molecule has 6 amide bonds. The van der Waals surface area contributed by atoms with Gasteiger partial charge in [0.05, 0.1) is 45.1 Å². The Kier molecular flexibility index (Phi) is 7.86. The summed E-state index contributed by atoms with van der Waals surface area (Å²) in [4.78, 5) is 69.4. The maximum atomic E-state index is 13.3. The van der Waals surface area contributed by atoms with E-state index in [0.717, 1.165) is 9.80 Å². The van der Waals surface area contributed by atoms with Crippen LogP contribution in [0.5, 0.6) is 0 Å². The predicted molar refractivity (Wildman–Crippen MR) is 122 cm³/mol. The van der Waals surface area contributed by atoms with Crippen molar-refractivity contribution in [3.05, 3.63) is 0 Å².